The number of pyridine rings is 1. The van der Waals surface area contributed by atoms with Gasteiger partial charge in [-0.15, -0.1) is 0 Å². The predicted molar refractivity (Wildman–Crippen MR) is 103 cm³/mol. The Morgan fingerprint density at radius 1 is 1.28 bits per heavy atom. The van der Waals surface area contributed by atoms with Crippen LogP contribution in [0.3, 0.4) is 0 Å². The number of aromatic nitrogens is 3. The number of amides is 2. The van der Waals surface area contributed by atoms with Gasteiger partial charge in [0.15, 0.2) is 0 Å². The van der Waals surface area contributed by atoms with Crippen molar-refractivity contribution in [3.8, 4) is 0 Å². The van der Waals surface area contributed by atoms with Crippen molar-refractivity contribution in [1.82, 2.24) is 19.7 Å². The van der Waals surface area contributed by atoms with Crippen molar-refractivity contribution < 1.29 is 14.0 Å². The summed E-state index contributed by atoms with van der Waals surface area (Å²) in [6.07, 6.45) is 6.36. The maximum atomic E-state index is 13.7. The van der Waals surface area contributed by atoms with Crippen molar-refractivity contribution >= 4 is 17.5 Å². The second kappa shape index (κ2) is 6.23. The van der Waals surface area contributed by atoms with Gasteiger partial charge in [-0.05, 0) is 24.1 Å². The fraction of sp³-hybridized carbons (Fsp3) is 0.238. The van der Waals surface area contributed by atoms with Crippen molar-refractivity contribution in [3.05, 3.63) is 77.6 Å². The molecular weight excluding hydrogens is 373 g/mol. The van der Waals surface area contributed by atoms with E-state index in [0.29, 0.717) is 13.0 Å². The number of nitrogens with one attached hydrogen (secondary N) is 1. The second-order valence-corrected chi connectivity index (χ2v) is 7.46. The minimum absolute atomic E-state index is 0.139. The zero-order chi connectivity index (χ0) is 20.2. The number of anilines is 1. The molecule has 8 heteroatoms. The van der Waals surface area contributed by atoms with Crippen LogP contribution in [-0.2, 0) is 17.3 Å². The lowest BCUT2D eigenvalue weighted by Crippen LogP contribution is -2.42. The van der Waals surface area contributed by atoms with E-state index in [1.54, 1.807) is 22.8 Å². The highest BCUT2D eigenvalue weighted by Crippen LogP contribution is 2.54. The van der Waals surface area contributed by atoms with Crippen LogP contribution in [0, 0.1) is 5.82 Å². The molecule has 146 valence electrons. The topological polar surface area (TPSA) is 80.1 Å². The standard InChI is InChI=1S/C21H18FN5O2/c1-26-12-14(10-24-26)18-21(16-4-2-3-5-17(16)25-20(21)29)6-7-27(18)19(28)13-8-15(22)11-23-9-13/h2-5,8-12,18H,6-7H2,1H3,(H,25,29). The largest absolute Gasteiger partial charge is 0.330 e. The molecule has 1 aromatic carbocycles. The molecule has 1 spiro atoms. The number of likely N-dealkylation sites (tertiary alicyclic amines) is 1. The van der Waals surface area contributed by atoms with Crippen molar-refractivity contribution in [2.45, 2.75) is 17.9 Å². The molecule has 4 heterocycles. The minimum Gasteiger partial charge on any atom is -0.330 e. The van der Waals surface area contributed by atoms with Gasteiger partial charge in [0.25, 0.3) is 5.91 Å². The number of hydrogen-bond acceptors (Lipinski definition) is 4. The molecular formula is C21H18FN5O2. The van der Waals surface area contributed by atoms with Gasteiger partial charge in [-0.3, -0.25) is 19.3 Å². The fourth-order valence-electron chi connectivity index (χ4n) is 4.64. The Morgan fingerprint density at radius 2 is 2.10 bits per heavy atom. The zero-order valence-corrected chi connectivity index (χ0v) is 15.7. The minimum atomic E-state index is -0.921. The van der Waals surface area contributed by atoms with Crippen molar-refractivity contribution in [1.29, 1.82) is 0 Å². The van der Waals surface area contributed by atoms with Gasteiger partial charge in [0.2, 0.25) is 5.91 Å². The number of hydrogen-bond donors (Lipinski definition) is 1. The van der Waals surface area contributed by atoms with E-state index in [1.807, 2.05) is 30.5 Å². The van der Waals surface area contributed by atoms with Gasteiger partial charge in [-0.25, -0.2) is 4.39 Å². The van der Waals surface area contributed by atoms with Gasteiger partial charge in [0, 0.05) is 37.2 Å². The number of nitrogens with zero attached hydrogens (tertiary/aromatic N) is 4. The van der Waals surface area contributed by atoms with Crippen LogP contribution < -0.4 is 5.32 Å². The molecule has 2 unspecified atom stereocenters. The summed E-state index contributed by atoms with van der Waals surface area (Å²) >= 11 is 0. The Balaban J connectivity index is 1.66. The van der Waals surface area contributed by atoms with Crippen LogP contribution in [0.5, 0.6) is 0 Å². The molecule has 0 radical (unpaired) electrons. The van der Waals surface area contributed by atoms with E-state index in [2.05, 4.69) is 15.4 Å². The lowest BCUT2D eigenvalue weighted by atomic mass is 9.73. The molecule has 2 aliphatic rings. The number of aryl methyl sites for hydroxylation is 1. The summed E-state index contributed by atoms with van der Waals surface area (Å²) in [6.45, 7) is 0.358. The Hall–Kier alpha value is -3.55. The van der Waals surface area contributed by atoms with E-state index in [4.69, 9.17) is 0 Å². The van der Waals surface area contributed by atoms with E-state index in [9.17, 15) is 14.0 Å². The Labute approximate surface area is 166 Å². The van der Waals surface area contributed by atoms with Gasteiger partial charge in [0.1, 0.15) is 11.2 Å². The number of halogens is 1. The summed E-state index contributed by atoms with van der Waals surface area (Å²) in [5.41, 5.74) is 1.62. The Morgan fingerprint density at radius 3 is 2.86 bits per heavy atom. The number of para-hydroxylation sites is 1. The number of rotatable bonds is 2. The van der Waals surface area contributed by atoms with Crippen LogP contribution in [0.25, 0.3) is 0 Å². The van der Waals surface area contributed by atoms with Crippen LogP contribution in [0.4, 0.5) is 10.1 Å². The average Bonchev–Trinajstić information content (AvgIpc) is 3.39. The predicted octanol–water partition coefficient (Wildman–Crippen LogP) is 2.43. The highest BCUT2D eigenvalue weighted by atomic mass is 19.1. The molecule has 0 saturated carbocycles. The molecule has 29 heavy (non-hydrogen) atoms. The van der Waals surface area contributed by atoms with Crippen molar-refractivity contribution in [3.63, 3.8) is 0 Å². The number of fused-ring (bicyclic) bond motifs is 2. The molecule has 3 aromatic rings. The molecule has 1 N–H and O–H groups in total. The number of carbonyl (C=O) groups excluding carboxylic acids is 2. The lowest BCUT2D eigenvalue weighted by Gasteiger charge is -2.33. The highest BCUT2D eigenvalue weighted by Gasteiger charge is 2.59. The normalized spacial score (nSPS) is 22.8. The first-order valence-corrected chi connectivity index (χ1v) is 9.32. The lowest BCUT2D eigenvalue weighted by molar-refractivity contribution is -0.121. The quantitative estimate of drug-likeness (QED) is 0.728. The van der Waals surface area contributed by atoms with Crippen molar-refractivity contribution in [2.24, 2.45) is 7.05 Å². The molecule has 2 atom stereocenters. The van der Waals surface area contributed by atoms with Gasteiger partial charge in [-0.1, -0.05) is 18.2 Å². The smallest absolute Gasteiger partial charge is 0.256 e. The molecule has 2 aromatic heterocycles. The Bertz CT molecular complexity index is 1140. The van der Waals surface area contributed by atoms with Crippen molar-refractivity contribution in [2.75, 3.05) is 11.9 Å². The first-order chi connectivity index (χ1) is 14.0. The first kappa shape index (κ1) is 17.5. The van der Waals surface area contributed by atoms with E-state index in [-0.39, 0.29) is 17.4 Å². The second-order valence-electron chi connectivity index (χ2n) is 7.46. The van der Waals surface area contributed by atoms with Gasteiger partial charge >= 0.3 is 0 Å². The zero-order valence-electron chi connectivity index (χ0n) is 15.7. The summed E-state index contributed by atoms with van der Waals surface area (Å²) in [4.78, 5) is 32.0. The molecule has 1 saturated heterocycles. The Kier molecular flexibility index (Phi) is 3.77. The molecule has 0 aliphatic carbocycles. The third-order valence-corrected chi connectivity index (χ3v) is 5.84. The van der Waals surface area contributed by atoms with E-state index in [1.165, 1.54) is 12.3 Å². The van der Waals surface area contributed by atoms with Gasteiger partial charge in [0.05, 0.1) is 24.0 Å². The van der Waals surface area contributed by atoms with Crippen LogP contribution in [0.1, 0.15) is 33.9 Å². The third kappa shape index (κ3) is 2.48. The van der Waals surface area contributed by atoms with Crippen LogP contribution in [0.15, 0.2) is 55.1 Å². The maximum absolute atomic E-state index is 13.7. The van der Waals surface area contributed by atoms with Gasteiger partial charge < -0.3 is 10.2 Å². The maximum Gasteiger partial charge on any atom is 0.256 e. The average molecular weight is 391 g/mol. The molecule has 0 bridgehead atoms. The van der Waals surface area contributed by atoms with E-state index >= 15 is 0 Å². The van der Waals surface area contributed by atoms with Gasteiger partial charge in [-0.2, -0.15) is 5.10 Å². The first-order valence-electron chi connectivity index (χ1n) is 9.32. The van der Waals surface area contributed by atoms with Crippen LogP contribution in [-0.4, -0.2) is 38.0 Å². The summed E-state index contributed by atoms with van der Waals surface area (Å²) < 4.78 is 15.3. The molecule has 2 amide bonds. The third-order valence-electron chi connectivity index (χ3n) is 5.84. The fourth-order valence-corrected chi connectivity index (χ4v) is 4.64. The summed E-state index contributed by atoms with van der Waals surface area (Å²) in [5, 5.41) is 7.22. The number of carbonyl (C=O) groups is 2. The summed E-state index contributed by atoms with van der Waals surface area (Å²) in [7, 11) is 1.79. The highest BCUT2D eigenvalue weighted by molar-refractivity contribution is 6.08. The van der Waals surface area contributed by atoms with Crippen LogP contribution in [0.2, 0.25) is 0 Å². The SMILES string of the molecule is Cn1cc(C2N(C(=O)c3cncc(F)c3)CCC23C(=O)Nc2ccccc23)cn1. The van der Waals surface area contributed by atoms with Crippen LogP contribution >= 0.6 is 0 Å². The molecule has 1 fully saturated rings. The number of benzene rings is 1. The monoisotopic (exact) mass is 391 g/mol. The van der Waals surface area contributed by atoms with E-state index < -0.39 is 17.3 Å². The summed E-state index contributed by atoms with van der Waals surface area (Å²) in [5.74, 6) is -1.08. The molecule has 7 nitrogen and oxygen atoms in total. The molecule has 2 aliphatic heterocycles. The summed E-state index contributed by atoms with van der Waals surface area (Å²) in [6, 6.07) is 8.16. The molecule has 5 rings (SSSR count). The van der Waals surface area contributed by atoms with E-state index in [0.717, 1.165) is 23.0 Å².